The van der Waals surface area contributed by atoms with Crippen LogP contribution in [0.4, 0.5) is 4.39 Å². The maximum atomic E-state index is 13.4. The summed E-state index contributed by atoms with van der Waals surface area (Å²) in [5, 5.41) is 3.24. The lowest BCUT2D eigenvalue weighted by Gasteiger charge is -2.22. The van der Waals surface area contributed by atoms with Crippen molar-refractivity contribution < 1.29 is 17.5 Å². The van der Waals surface area contributed by atoms with Crippen molar-refractivity contribution in [1.29, 1.82) is 0 Å². The summed E-state index contributed by atoms with van der Waals surface area (Å²) in [5.74, 6) is 0.383. The molecule has 1 atom stereocenters. The minimum atomic E-state index is -3.57. The molecule has 0 bridgehead atoms. The van der Waals surface area contributed by atoms with Crippen LogP contribution in [0.15, 0.2) is 58.4 Å². The van der Waals surface area contributed by atoms with Gasteiger partial charge in [-0.1, -0.05) is 24.3 Å². The Morgan fingerprint density at radius 2 is 2.00 bits per heavy atom. The van der Waals surface area contributed by atoms with Crippen LogP contribution in [0, 0.1) is 5.82 Å². The van der Waals surface area contributed by atoms with E-state index in [1.54, 1.807) is 37.4 Å². The number of sulfonamides is 1. The molecule has 1 saturated heterocycles. The second-order valence-corrected chi connectivity index (χ2v) is 9.28. The fourth-order valence-corrected chi connectivity index (χ4v) is 4.49. The average molecular weight is 449 g/mol. The number of hydrogen-bond donors (Lipinski definition) is 2. The van der Waals surface area contributed by atoms with Gasteiger partial charge in [-0.05, 0) is 48.2 Å². The Morgan fingerprint density at radius 1 is 1.23 bits per heavy atom. The minimum absolute atomic E-state index is 0.0469. The van der Waals surface area contributed by atoms with E-state index in [0.717, 1.165) is 24.0 Å². The number of guanidine groups is 1. The van der Waals surface area contributed by atoms with Crippen molar-refractivity contribution in [1.82, 2.24) is 14.9 Å². The number of nitrogens with one attached hydrogen (secondary N) is 2. The Labute approximate surface area is 183 Å². The molecule has 31 heavy (non-hydrogen) atoms. The average Bonchev–Trinajstić information content (AvgIpc) is 3.27. The van der Waals surface area contributed by atoms with Gasteiger partial charge in [0, 0.05) is 40.3 Å². The van der Waals surface area contributed by atoms with Crippen molar-refractivity contribution in [2.75, 3.05) is 27.2 Å². The van der Waals surface area contributed by atoms with E-state index in [1.165, 1.54) is 12.1 Å². The predicted molar refractivity (Wildman–Crippen MR) is 119 cm³/mol. The number of nitrogens with zero attached hydrogens (tertiary/aromatic N) is 2. The van der Waals surface area contributed by atoms with Crippen LogP contribution in [0.1, 0.15) is 24.0 Å². The van der Waals surface area contributed by atoms with E-state index >= 15 is 0 Å². The van der Waals surface area contributed by atoms with E-state index in [0.29, 0.717) is 32.2 Å². The zero-order chi connectivity index (χ0) is 22.3. The molecule has 3 rings (SSSR count). The second-order valence-electron chi connectivity index (χ2n) is 7.52. The molecule has 0 spiro atoms. The Morgan fingerprint density at radius 3 is 2.65 bits per heavy atom. The highest BCUT2D eigenvalue weighted by molar-refractivity contribution is 7.89. The predicted octanol–water partition coefficient (Wildman–Crippen LogP) is 2.49. The summed E-state index contributed by atoms with van der Waals surface area (Å²) < 4.78 is 46.4. The highest BCUT2D eigenvalue weighted by Crippen LogP contribution is 2.14. The molecule has 7 nitrogen and oxygen atoms in total. The van der Waals surface area contributed by atoms with Gasteiger partial charge in [0.05, 0.1) is 11.0 Å². The number of rotatable bonds is 8. The van der Waals surface area contributed by atoms with E-state index in [1.807, 2.05) is 18.0 Å². The lowest BCUT2D eigenvalue weighted by molar-refractivity contribution is 0.114. The van der Waals surface area contributed by atoms with Crippen LogP contribution >= 0.6 is 0 Å². The fraction of sp³-hybridized carbons (Fsp3) is 0.409. The first-order valence-electron chi connectivity index (χ1n) is 10.2. The molecule has 1 heterocycles. The first-order chi connectivity index (χ1) is 14.9. The number of ether oxygens (including phenoxy) is 1. The molecule has 1 unspecified atom stereocenters. The van der Waals surface area contributed by atoms with E-state index in [9.17, 15) is 12.8 Å². The smallest absolute Gasteiger partial charge is 0.240 e. The molecule has 0 amide bonds. The van der Waals surface area contributed by atoms with Gasteiger partial charge >= 0.3 is 0 Å². The fourth-order valence-electron chi connectivity index (χ4n) is 3.43. The van der Waals surface area contributed by atoms with Crippen molar-refractivity contribution >= 4 is 16.0 Å². The Bertz CT molecular complexity index is 990. The highest BCUT2D eigenvalue weighted by atomic mass is 32.2. The first kappa shape index (κ1) is 23.2. The van der Waals surface area contributed by atoms with E-state index in [4.69, 9.17) is 4.74 Å². The molecule has 1 aliphatic heterocycles. The van der Waals surface area contributed by atoms with Gasteiger partial charge in [0.1, 0.15) is 5.82 Å². The molecule has 2 aromatic rings. The van der Waals surface area contributed by atoms with Crippen LogP contribution in [0.2, 0.25) is 0 Å². The molecular formula is C22H29FN4O3S. The normalized spacial score (nSPS) is 17.0. The standard InChI is InChI=1S/C22H29FN4O3S/c1-24-22(27(2)16-18-5-3-6-19(23)13-18)25-14-17-8-10-21(11-9-17)31(28,29)26-15-20-7-4-12-30-20/h3,5-6,8-11,13,20,26H,4,7,12,14-16H2,1-2H3,(H,24,25). The maximum Gasteiger partial charge on any atom is 0.240 e. The van der Waals surface area contributed by atoms with Gasteiger partial charge in [-0.15, -0.1) is 0 Å². The van der Waals surface area contributed by atoms with Crippen molar-refractivity contribution in [3.8, 4) is 0 Å². The van der Waals surface area contributed by atoms with Crippen molar-refractivity contribution in [3.05, 3.63) is 65.5 Å². The SMILES string of the molecule is CN=C(NCc1ccc(S(=O)(=O)NCC2CCCO2)cc1)N(C)Cc1cccc(F)c1. The molecule has 1 fully saturated rings. The Balaban J connectivity index is 1.53. The van der Waals surface area contributed by atoms with Gasteiger partial charge in [0.2, 0.25) is 10.0 Å². The number of benzene rings is 2. The highest BCUT2D eigenvalue weighted by Gasteiger charge is 2.20. The van der Waals surface area contributed by atoms with Crippen LogP contribution in [0.5, 0.6) is 0 Å². The summed E-state index contributed by atoms with van der Waals surface area (Å²) in [5.41, 5.74) is 1.76. The zero-order valence-electron chi connectivity index (χ0n) is 17.8. The van der Waals surface area contributed by atoms with Gasteiger partial charge in [-0.2, -0.15) is 0 Å². The third kappa shape index (κ3) is 6.75. The summed E-state index contributed by atoms with van der Waals surface area (Å²) in [7, 11) is -0.0140. The van der Waals surface area contributed by atoms with E-state index < -0.39 is 10.0 Å². The lowest BCUT2D eigenvalue weighted by atomic mass is 10.2. The summed E-state index contributed by atoms with van der Waals surface area (Å²) in [6, 6.07) is 13.2. The zero-order valence-corrected chi connectivity index (χ0v) is 18.7. The van der Waals surface area contributed by atoms with Gasteiger partial charge in [-0.25, -0.2) is 17.5 Å². The quantitative estimate of drug-likeness (QED) is 0.479. The van der Waals surface area contributed by atoms with Gasteiger partial charge in [-0.3, -0.25) is 4.99 Å². The molecule has 0 saturated carbocycles. The summed E-state index contributed by atoms with van der Waals surface area (Å²) in [6.07, 6.45) is 1.80. The van der Waals surface area contributed by atoms with Gasteiger partial charge in [0.25, 0.3) is 0 Å². The number of aliphatic imine (C=N–C) groups is 1. The molecule has 1 aliphatic rings. The van der Waals surface area contributed by atoms with Crippen molar-refractivity contribution in [2.45, 2.75) is 36.9 Å². The van der Waals surface area contributed by atoms with E-state index in [2.05, 4.69) is 15.0 Å². The molecule has 0 aliphatic carbocycles. The number of halogens is 1. The molecule has 168 valence electrons. The third-order valence-corrected chi connectivity index (χ3v) is 6.53. The van der Waals surface area contributed by atoms with E-state index in [-0.39, 0.29) is 16.8 Å². The summed E-state index contributed by atoms with van der Waals surface area (Å²) in [4.78, 5) is 6.38. The summed E-state index contributed by atoms with van der Waals surface area (Å²) >= 11 is 0. The molecule has 2 aromatic carbocycles. The first-order valence-corrected chi connectivity index (χ1v) is 11.7. The maximum absolute atomic E-state index is 13.4. The van der Waals surface area contributed by atoms with Crippen molar-refractivity contribution in [3.63, 3.8) is 0 Å². The van der Waals surface area contributed by atoms with Crippen LogP contribution < -0.4 is 10.0 Å². The topological polar surface area (TPSA) is 83.0 Å². The lowest BCUT2D eigenvalue weighted by Crippen LogP contribution is -2.38. The molecular weight excluding hydrogens is 419 g/mol. The monoisotopic (exact) mass is 448 g/mol. The summed E-state index contributed by atoms with van der Waals surface area (Å²) in [6.45, 7) is 1.96. The van der Waals surface area contributed by atoms with Crippen LogP contribution in [-0.4, -0.2) is 52.6 Å². The number of hydrogen-bond acceptors (Lipinski definition) is 4. The Kier molecular flexibility index (Phi) is 8.00. The largest absolute Gasteiger partial charge is 0.377 e. The van der Waals surface area contributed by atoms with Crippen molar-refractivity contribution in [2.24, 2.45) is 4.99 Å². The molecule has 0 aromatic heterocycles. The van der Waals surface area contributed by atoms with Crippen LogP contribution in [-0.2, 0) is 27.8 Å². The second kappa shape index (κ2) is 10.7. The molecule has 9 heteroatoms. The van der Waals surface area contributed by atoms with Crippen LogP contribution in [0.25, 0.3) is 0 Å². The molecule has 0 radical (unpaired) electrons. The van der Waals surface area contributed by atoms with Gasteiger partial charge < -0.3 is 15.0 Å². The third-order valence-electron chi connectivity index (χ3n) is 5.09. The van der Waals surface area contributed by atoms with Gasteiger partial charge in [0.15, 0.2) is 5.96 Å². The molecule has 2 N–H and O–H groups in total. The minimum Gasteiger partial charge on any atom is -0.377 e. The van der Waals surface area contributed by atoms with Crippen LogP contribution in [0.3, 0.4) is 0 Å². The Hall–Kier alpha value is -2.49.